The summed E-state index contributed by atoms with van der Waals surface area (Å²) in [7, 11) is 0. The van der Waals surface area contributed by atoms with E-state index in [0.717, 1.165) is 12.3 Å². The van der Waals surface area contributed by atoms with Gasteiger partial charge in [0.2, 0.25) is 0 Å². The lowest BCUT2D eigenvalue weighted by atomic mass is 10.4. The Morgan fingerprint density at radius 3 is 2.92 bits per heavy atom. The third-order valence-electron chi connectivity index (χ3n) is 1.60. The van der Waals surface area contributed by atoms with Gasteiger partial charge in [0.15, 0.2) is 0 Å². The quantitative estimate of drug-likeness (QED) is 0.669. The molecule has 1 aliphatic heterocycles. The summed E-state index contributed by atoms with van der Waals surface area (Å²) in [4.78, 5) is 13.1. The lowest BCUT2D eigenvalue weighted by molar-refractivity contribution is -0.133. The molecule has 0 radical (unpaired) electrons. The van der Waals surface area contributed by atoms with Crippen molar-refractivity contribution in [2.45, 2.75) is 20.0 Å². The fraction of sp³-hybridized carbons (Fsp3) is 0.750. The summed E-state index contributed by atoms with van der Waals surface area (Å²) in [5, 5.41) is 0. The van der Waals surface area contributed by atoms with Gasteiger partial charge >= 0.3 is 0 Å². The molecular weight excluding hydrogens is 206 g/mol. The highest BCUT2D eigenvalue weighted by Crippen LogP contribution is 2.17. The van der Waals surface area contributed by atoms with Crippen LogP contribution in [0.3, 0.4) is 0 Å². The van der Waals surface area contributed by atoms with Crippen LogP contribution in [0.15, 0.2) is 0 Å². The van der Waals surface area contributed by atoms with Gasteiger partial charge in [0.1, 0.15) is 10.9 Å². The second-order valence-electron chi connectivity index (χ2n) is 3.02. The monoisotopic (exact) mass is 219 g/mol. The van der Waals surface area contributed by atoms with Gasteiger partial charge in [-0.05, 0) is 13.8 Å². The van der Waals surface area contributed by atoms with Crippen LogP contribution in [0.4, 0.5) is 0 Å². The first-order valence-electron chi connectivity index (χ1n) is 4.20. The molecule has 0 aliphatic carbocycles. The first kappa shape index (κ1) is 10.9. The molecule has 74 valence electrons. The van der Waals surface area contributed by atoms with Crippen molar-refractivity contribution in [3.8, 4) is 0 Å². The summed E-state index contributed by atoms with van der Waals surface area (Å²) in [6, 6.07) is 0. The highest BCUT2D eigenvalue weighted by Gasteiger charge is 2.23. The average molecular weight is 219 g/mol. The van der Waals surface area contributed by atoms with Crippen LogP contribution in [-0.2, 0) is 9.53 Å². The Hall–Kier alpha value is -0.130. The van der Waals surface area contributed by atoms with Crippen LogP contribution < -0.4 is 0 Å². The molecule has 1 fully saturated rings. The molecule has 0 spiro atoms. The number of carbonyl (C=O) groups is 1. The molecule has 1 heterocycles. The average Bonchev–Trinajstić information content (AvgIpc) is 2.47. The van der Waals surface area contributed by atoms with Crippen LogP contribution in [-0.4, -0.2) is 40.1 Å². The van der Waals surface area contributed by atoms with Gasteiger partial charge in [0.05, 0.1) is 6.10 Å². The number of nitrogens with zero attached hydrogens (tertiary/aromatic N) is 1. The summed E-state index contributed by atoms with van der Waals surface area (Å²) >= 11 is 6.56. The second kappa shape index (κ2) is 4.93. The number of amides is 1. The van der Waals surface area contributed by atoms with Crippen molar-refractivity contribution in [3.63, 3.8) is 0 Å². The predicted octanol–water partition coefficient (Wildman–Crippen LogP) is 1.27. The number of thiocarbonyl (C=S) groups is 1. The van der Waals surface area contributed by atoms with E-state index in [0.29, 0.717) is 4.32 Å². The molecular formula is C8H13NO2S2. The Labute approximate surface area is 87.8 Å². The molecule has 3 nitrogen and oxygen atoms in total. The van der Waals surface area contributed by atoms with Crippen LogP contribution >= 0.6 is 24.0 Å². The van der Waals surface area contributed by atoms with E-state index in [9.17, 15) is 4.79 Å². The minimum Gasteiger partial charge on any atom is -0.369 e. The molecule has 1 aliphatic rings. The Morgan fingerprint density at radius 2 is 2.46 bits per heavy atom. The summed E-state index contributed by atoms with van der Waals surface area (Å²) in [6.07, 6.45) is 0.0905. The van der Waals surface area contributed by atoms with E-state index in [-0.39, 0.29) is 18.6 Å². The highest BCUT2D eigenvalue weighted by molar-refractivity contribution is 8.23. The maximum Gasteiger partial charge on any atom is 0.254 e. The summed E-state index contributed by atoms with van der Waals surface area (Å²) < 4.78 is 5.88. The Morgan fingerprint density at radius 1 is 1.77 bits per heavy atom. The Bertz CT molecular complexity index is 218. The smallest absolute Gasteiger partial charge is 0.254 e. The van der Waals surface area contributed by atoms with E-state index in [1.807, 2.05) is 13.8 Å². The zero-order valence-electron chi connectivity index (χ0n) is 7.78. The van der Waals surface area contributed by atoms with Crippen LogP contribution in [0.5, 0.6) is 0 Å². The molecule has 0 bridgehead atoms. The largest absolute Gasteiger partial charge is 0.369 e. The van der Waals surface area contributed by atoms with Crippen LogP contribution in [0, 0.1) is 0 Å². The number of rotatable bonds is 3. The SMILES string of the molecule is CC(C)OCC(=O)N1CCSC1=S. The van der Waals surface area contributed by atoms with Gasteiger partial charge in [-0.1, -0.05) is 24.0 Å². The van der Waals surface area contributed by atoms with E-state index in [2.05, 4.69) is 0 Å². The van der Waals surface area contributed by atoms with Gasteiger partial charge in [-0.2, -0.15) is 0 Å². The number of thioether (sulfide) groups is 1. The molecule has 0 aromatic heterocycles. The molecule has 5 heteroatoms. The topological polar surface area (TPSA) is 29.5 Å². The summed E-state index contributed by atoms with van der Waals surface area (Å²) in [5.74, 6) is 0.885. The molecule has 0 saturated carbocycles. The zero-order chi connectivity index (χ0) is 9.84. The molecule has 0 N–H and O–H groups in total. The van der Waals surface area contributed by atoms with Gasteiger partial charge in [0, 0.05) is 12.3 Å². The lowest BCUT2D eigenvalue weighted by Crippen LogP contribution is -2.34. The number of carbonyl (C=O) groups excluding carboxylic acids is 1. The van der Waals surface area contributed by atoms with Gasteiger partial charge in [-0.3, -0.25) is 9.69 Å². The van der Waals surface area contributed by atoms with Crippen molar-refractivity contribution in [3.05, 3.63) is 0 Å². The fourth-order valence-electron chi connectivity index (χ4n) is 0.936. The molecule has 1 rings (SSSR count). The standard InChI is InChI=1S/C8H13NO2S2/c1-6(2)11-5-7(10)9-3-4-13-8(9)12/h6H,3-5H2,1-2H3. The highest BCUT2D eigenvalue weighted by atomic mass is 32.2. The first-order valence-corrected chi connectivity index (χ1v) is 5.59. The van der Waals surface area contributed by atoms with Crippen molar-refractivity contribution in [1.29, 1.82) is 0 Å². The Balaban J connectivity index is 2.34. The normalized spacial score (nSPS) is 17.2. The number of ether oxygens (including phenoxy) is 1. The lowest BCUT2D eigenvalue weighted by Gasteiger charge is -2.15. The van der Waals surface area contributed by atoms with Crippen molar-refractivity contribution < 1.29 is 9.53 Å². The third kappa shape index (κ3) is 3.25. The number of hydrogen-bond acceptors (Lipinski definition) is 4. The molecule has 1 saturated heterocycles. The molecule has 0 aromatic carbocycles. The fourth-order valence-corrected chi connectivity index (χ4v) is 2.18. The van der Waals surface area contributed by atoms with Crippen LogP contribution in [0.2, 0.25) is 0 Å². The van der Waals surface area contributed by atoms with Crippen molar-refractivity contribution in [2.24, 2.45) is 0 Å². The zero-order valence-corrected chi connectivity index (χ0v) is 9.41. The maximum absolute atomic E-state index is 11.5. The van der Waals surface area contributed by atoms with Gasteiger partial charge in [-0.15, -0.1) is 0 Å². The molecule has 1 amide bonds. The third-order valence-corrected chi connectivity index (χ3v) is 3.03. The number of hydrogen-bond donors (Lipinski definition) is 0. The van der Waals surface area contributed by atoms with Gasteiger partial charge < -0.3 is 4.74 Å². The van der Waals surface area contributed by atoms with Crippen molar-refractivity contribution in [2.75, 3.05) is 18.9 Å². The van der Waals surface area contributed by atoms with E-state index in [4.69, 9.17) is 17.0 Å². The van der Waals surface area contributed by atoms with Gasteiger partial charge in [-0.25, -0.2) is 0 Å². The van der Waals surface area contributed by atoms with E-state index < -0.39 is 0 Å². The van der Waals surface area contributed by atoms with E-state index in [1.165, 1.54) is 0 Å². The van der Waals surface area contributed by atoms with Crippen molar-refractivity contribution >= 4 is 34.2 Å². The predicted molar refractivity (Wildman–Crippen MR) is 57.9 cm³/mol. The van der Waals surface area contributed by atoms with Gasteiger partial charge in [0.25, 0.3) is 5.91 Å². The van der Waals surface area contributed by atoms with E-state index in [1.54, 1.807) is 16.7 Å². The molecule has 0 aromatic rings. The molecule has 0 atom stereocenters. The molecule has 13 heavy (non-hydrogen) atoms. The van der Waals surface area contributed by atoms with Crippen molar-refractivity contribution in [1.82, 2.24) is 4.90 Å². The summed E-state index contributed by atoms with van der Waals surface area (Å²) in [5.41, 5.74) is 0. The maximum atomic E-state index is 11.5. The Kier molecular flexibility index (Phi) is 4.15. The molecule has 0 unspecified atom stereocenters. The van der Waals surface area contributed by atoms with E-state index >= 15 is 0 Å². The van der Waals surface area contributed by atoms with Crippen LogP contribution in [0.25, 0.3) is 0 Å². The van der Waals surface area contributed by atoms with Crippen LogP contribution in [0.1, 0.15) is 13.8 Å². The minimum atomic E-state index is -0.0244. The summed E-state index contributed by atoms with van der Waals surface area (Å²) in [6.45, 7) is 4.68. The minimum absolute atomic E-state index is 0.0244. The second-order valence-corrected chi connectivity index (χ2v) is 4.75. The first-order chi connectivity index (χ1) is 6.11.